The van der Waals surface area contributed by atoms with Gasteiger partial charge in [-0.1, -0.05) is 11.6 Å². The number of benzene rings is 1. The van der Waals surface area contributed by atoms with Gasteiger partial charge in [-0.25, -0.2) is 9.78 Å². The van der Waals surface area contributed by atoms with Crippen molar-refractivity contribution in [2.45, 2.75) is 11.4 Å². The highest BCUT2D eigenvalue weighted by molar-refractivity contribution is 8.03. The van der Waals surface area contributed by atoms with Crippen LogP contribution in [0.25, 0.3) is 10.6 Å². The Bertz CT molecular complexity index is 874. The first-order chi connectivity index (χ1) is 12.6. The van der Waals surface area contributed by atoms with Gasteiger partial charge in [0.15, 0.2) is 5.70 Å². The molecule has 0 aliphatic carbocycles. The summed E-state index contributed by atoms with van der Waals surface area (Å²) in [6.07, 6.45) is -4.84. The van der Waals surface area contributed by atoms with Crippen molar-refractivity contribution in [3.63, 3.8) is 0 Å². The molecule has 0 aliphatic rings. The van der Waals surface area contributed by atoms with Crippen molar-refractivity contribution in [2.24, 2.45) is 11.6 Å². The van der Waals surface area contributed by atoms with E-state index in [4.69, 9.17) is 23.2 Å². The fraction of sp³-hybridized carbons (Fsp3) is 0.143. The van der Waals surface area contributed by atoms with E-state index in [0.717, 1.165) is 17.8 Å². The summed E-state index contributed by atoms with van der Waals surface area (Å²) in [6, 6.07) is 3.79. The molecule has 1 aromatic carbocycles. The van der Waals surface area contributed by atoms with Gasteiger partial charge in [0, 0.05) is 10.9 Å². The van der Waals surface area contributed by atoms with Gasteiger partial charge in [0.25, 0.3) is 0 Å². The van der Waals surface area contributed by atoms with Gasteiger partial charge in [-0.2, -0.15) is 0 Å². The van der Waals surface area contributed by atoms with Gasteiger partial charge in [0.2, 0.25) is 0 Å². The standard InChI is InChI=1S/C14H12ClF3N4O3S2/c1-24-13(23)10(22-20)11(19)27-9-5-26-12(21-9)6-2-3-8(7(15)4-6)25-14(16,17)18/h2-5,22H,19-20H2,1H3/b11-10+. The zero-order valence-electron chi connectivity index (χ0n) is 13.5. The molecule has 2 rings (SSSR count). The van der Waals surface area contributed by atoms with Crippen molar-refractivity contribution in [3.05, 3.63) is 39.3 Å². The first-order valence-electron chi connectivity index (χ1n) is 6.88. The van der Waals surface area contributed by atoms with E-state index in [0.29, 0.717) is 15.6 Å². The van der Waals surface area contributed by atoms with Crippen molar-refractivity contribution in [3.8, 4) is 16.3 Å². The lowest BCUT2D eigenvalue weighted by Gasteiger charge is -2.10. The molecule has 13 heteroatoms. The number of thiazole rings is 1. The molecule has 0 spiro atoms. The van der Waals surface area contributed by atoms with Crippen molar-refractivity contribution in [2.75, 3.05) is 7.11 Å². The maximum atomic E-state index is 12.3. The summed E-state index contributed by atoms with van der Waals surface area (Å²) >= 11 is 8.00. The number of methoxy groups -OCH3 is 1. The number of nitrogens with zero attached hydrogens (tertiary/aromatic N) is 1. The van der Waals surface area contributed by atoms with Crippen LogP contribution < -0.4 is 21.7 Å². The molecule has 1 heterocycles. The molecule has 0 saturated carbocycles. The maximum absolute atomic E-state index is 12.3. The highest BCUT2D eigenvalue weighted by atomic mass is 35.5. The number of hydrogen-bond donors (Lipinski definition) is 3. The van der Waals surface area contributed by atoms with Crippen molar-refractivity contribution < 1.29 is 27.4 Å². The number of nitrogens with one attached hydrogen (secondary N) is 1. The predicted molar refractivity (Wildman–Crippen MR) is 95.7 cm³/mol. The summed E-state index contributed by atoms with van der Waals surface area (Å²) in [5.41, 5.74) is 8.32. The number of hydrogen-bond acceptors (Lipinski definition) is 9. The van der Waals surface area contributed by atoms with Crippen LogP contribution in [0.5, 0.6) is 5.75 Å². The number of carbonyl (C=O) groups excluding carboxylic acids is 1. The zero-order valence-corrected chi connectivity index (χ0v) is 15.9. The summed E-state index contributed by atoms with van der Waals surface area (Å²) in [7, 11) is 1.18. The second-order valence-electron chi connectivity index (χ2n) is 4.66. The third kappa shape index (κ3) is 5.66. The number of thioether (sulfide) groups is 1. The minimum absolute atomic E-state index is 0.0353. The molecule has 7 nitrogen and oxygen atoms in total. The first-order valence-corrected chi connectivity index (χ1v) is 8.95. The number of alkyl halides is 3. The van der Waals surface area contributed by atoms with Gasteiger partial charge < -0.3 is 20.6 Å². The lowest BCUT2D eigenvalue weighted by molar-refractivity contribution is -0.274. The molecule has 0 amide bonds. The van der Waals surface area contributed by atoms with Crippen molar-refractivity contribution in [1.29, 1.82) is 0 Å². The minimum atomic E-state index is -4.84. The Morgan fingerprint density at radius 1 is 1.41 bits per heavy atom. The SMILES string of the molecule is COC(=O)/C(NN)=C(/N)Sc1csc(-c2ccc(OC(F)(F)F)c(Cl)c2)n1. The molecule has 0 unspecified atom stereocenters. The number of nitrogens with two attached hydrogens (primary N) is 2. The van der Waals surface area contributed by atoms with Gasteiger partial charge in [-0.15, -0.1) is 24.5 Å². The van der Waals surface area contributed by atoms with Crippen LogP contribution in [0.4, 0.5) is 13.2 Å². The first kappa shape index (κ1) is 21.2. The van der Waals surface area contributed by atoms with E-state index in [-0.39, 0.29) is 15.7 Å². The van der Waals surface area contributed by atoms with Crippen molar-refractivity contribution >= 4 is 40.7 Å². The molecule has 0 aliphatic heterocycles. The van der Waals surface area contributed by atoms with E-state index in [1.54, 1.807) is 5.38 Å². The third-order valence-corrected chi connectivity index (χ3v) is 5.06. The Balaban J connectivity index is 2.22. The Kier molecular flexibility index (Phi) is 6.81. The van der Waals surface area contributed by atoms with Crippen molar-refractivity contribution in [1.82, 2.24) is 10.4 Å². The Hall–Kier alpha value is -2.15. The zero-order chi connectivity index (χ0) is 20.2. The number of aromatic nitrogens is 1. The molecule has 0 atom stereocenters. The van der Waals surface area contributed by atoms with Crippen LogP contribution >= 0.6 is 34.7 Å². The van der Waals surface area contributed by atoms with Crippen LogP contribution in [0.15, 0.2) is 39.3 Å². The van der Waals surface area contributed by atoms with Gasteiger partial charge in [0.05, 0.1) is 12.1 Å². The van der Waals surface area contributed by atoms with E-state index in [1.165, 1.54) is 30.6 Å². The maximum Gasteiger partial charge on any atom is 0.573 e. The molecular weight excluding hydrogens is 429 g/mol. The third-order valence-electron chi connectivity index (χ3n) is 2.88. The Labute approximate surface area is 164 Å². The fourth-order valence-corrected chi connectivity index (χ4v) is 3.68. The highest BCUT2D eigenvalue weighted by Gasteiger charge is 2.32. The summed E-state index contributed by atoms with van der Waals surface area (Å²) in [6.45, 7) is 0. The number of rotatable bonds is 6. The lowest BCUT2D eigenvalue weighted by atomic mass is 10.2. The predicted octanol–water partition coefficient (Wildman–Crippen LogP) is 3.22. The van der Waals surface area contributed by atoms with E-state index in [2.05, 4.69) is 19.9 Å². The van der Waals surface area contributed by atoms with E-state index < -0.39 is 18.1 Å². The van der Waals surface area contributed by atoms with E-state index in [1.807, 2.05) is 0 Å². The fourth-order valence-electron chi connectivity index (χ4n) is 1.78. The van der Waals surface area contributed by atoms with Crippen LogP contribution in [0.3, 0.4) is 0 Å². The second-order valence-corrected chi connectivity index (χ2v) is 6.99. The molecule has 0 fully saturated rings. The Morgan fingerprint density at radius 3 is 2.67 bits per heavy atom. The van der Waals surface area contributed by atoms with Crippen LogP contribution in [-0.2, 0) is 9.53 Å². The van der Waals surface area contributed by atoms with Crippen LogP contribution in [0.1, 0.15) is 0 Å². The van der Waals surface area contributed by atoms with Gasteiger partial charge >= 0.3 is 12.3 Å². The van der Waals surface area contributed by atoms with Crippen LogP contribution in [0.2, 0.25) is 5.02 Å². The van der Waals surface area contributed by atoms with Gasteiger partial charge in [-0.05, 0) is 30.0 Å². The number of halogens is 4. The normalized spacial score (nSPS) is 12.4. The topological polar surface area (TPSA) is 112 Å². The van der Waals surface area contributed by atoms with Gasteiger partial charge in [-0.3, -0.25) is 5.84 Å². The average molecular weight is 441 g/mol. The van der Waals surface area contributed by atoms with E-state index in [9.17, 15) is 18.0 Å². The van der Waals surface area contributed by atoms with Crippen LogP contribution in [-0.4, -0.2) is 24.4 Å². The molecule has 146 valence electrons. The molecular formula is C14H12ClF3N4O3S2. The van der Waals surface area contributed by atoms with Crippen LogP contribution in [0, 0.1) is 0 Å². The quantitative estimate of drug-likeness (QED) is 0.206. The lowest BCUT2D eigenvalue weighted by Crippen LogP contribution is -2.30. The van der Waals surface area contributed by atoms with Gasteiger partial charge in [0.1, 0.15) is 20.8 Å². The molecule has 5 N–H and O–H groups in total. The minimum Gasteiger partial charge on any atom is -0.464 e. The smallest absolute Gasteiger partial charge is 0.464 e. The second kappa shape index (κ2) is 8.69. The molecule has 1 aromatic heterocycles. The molecule has 27 heavy (non-hydrogen) atoms. The number of ether oxygens (including phenoxy) is 2. The number of esters is 1. The Morgan fingerprint density at radius 2 is 2.11 bits per heavy atom. The van der Waals surface area contributed by atoms with E-state index >= 15 is 0 Å². The summed E-state index contributed by atoms with van der Waals surface area (Å²) in [5.74, 6) is 3.99. The number of hydrazine groups is 1. The largest absolute Gasteiger partial charge is 0.573 e. The summed E-state index contributed by atoms with van der Waals surface area (Å²) < 4.78 is 45.2. The molecule has 0 saturated heterocycles. The highest BCUT2D eigenvalue weighted by Crippen LogP contribution is 2.36. The molecule has 0 bridgehead atoms. The monoisotopic (exact) mass is 440 g/mol. The summed E-state index contributed by atoms with van der Waals surface area (Å²) in [4.78, 5) is 15.8. The number of carbonyl (C=O) groups is 1. The molecule has 0 radical (unpaired) electrons. The summed E-state index contributed by atoms with van der Waals surface area (Å²) in [5, 5.41) is 2.39. The molecule has 2 aromatic rings. The average Bonchev–Trinajstić information content (AvgIpc) is 3.04.